The highest BCUT2D eigenvalue weighted by Gasteiger charge is 2.28. The van der Waals surface area contributed by atoms with Gasteiger partial charge in [0.2, 0.25) is 6.79 Å². The number of carbonyl (C=O) groups is 1. The van der Waals surface area contributed by atoms with Crippen LogP contribution in [0.25, 0.3) is 11.2 Å². The molecule has 0 radical (unpaired) electrons. The number of nitrogens with zero attached hydrogens (tertiary/aromatic N) is 4. The van der Waals surface area contributed by atoms with Crippen LogP contribution in [0.5, 0.6) is 0 Å². The van der Waals surface area contributed by atoms with Crippen LogP contribution in [0.2, 0.25) is 0 Å². The average molecular weight is 760 g/mol. The molecule has 0 aliphatic heterocycles. The molecule has 1 fully saturated rings. The highest BCUT2D eigenvalue weighted by atomic mass is 32.8. The topological polar surface area (TPSA) is 150 Å². The molecule has 0 saturated heterocycles. The van der Waals surface area contributed by atoms with Crippen molar-refractivity contribution in [1.82, 2.24) is 19.5 Å². The van der Waals surface area contributed by atoms with Crippen LogP contribution >= 0.6 is 7.60 Å². The van der Waals surface area contributed by atoms with Gasteiger partial charge in [-0.15, -0.1) is 9.45 Å². The summed E-state index contributed by atoms with van der Waals surface area (Å²) in [4.78, 5) is 24.7. The average Bonchev–Trinajstić information content (AvgIpc) is 3.51. The summed E-state index contributed by atoms with van der Waals surface area (Å²) in [6.45, 7) is 4.06. The van der Waals surface area contributed by atoms with Crippen LogP contribution in [0, 0.1) is 0 Å². The van der Waals surface area contributed by atoms with Gasteiger partial charge >= 0.3 is 13.8 Å². The molecule has 3 atom stereocenters. The summed E-state index contributed by atoms with van der Waals surface area (Å²) in [6.07, 6.45) is 24.6. The first-order valence-corrected chi connectivity index (χ1v) is 23.1. The second kappa shape index (κ2) is 25.3. The van der Waals surface area contributed by atoms with Gasteiger partial charge in [-0.05, 0) is 44.8 Å². The van der Waals surface area contributed by atoms with E-state index in [9.17, 15) is 9.36 Å². The fourth-order valence-electron chi connectivity index (χ4n) is 6.03. The first-order chi connectivity index (χ1) is 24.3. The lowest BCUT2D eigenvalue weighted by Crippen LogP contribution is -2.22. The second-order valence-electron chi connectivity index (χ2n) is 13.3. The molecule has 0 bridgehead atoms. The number of unbranched alkanes of at least 4 members (excludes halogenated alkanes) is 13. The maximum atomic E-state index is 13.7. The van der Waals surface area contributed by atoms with E-state index in [1.165, 1.54) is 89.8 Å². The summed E-state index contributed by atoms with van der Waals surface area (Å²) in [5, 5.41) is 0. The number of anilines is 1. The molecule has 1 saturated carbocycles. The molecular weight excluding hydrogens is 698 g/mol. The molecule has 50 heavy (non-hydrogen) atoms. The van der Waals surface area contributed by atoms with Crippen molar-refractivity contribution in [3.05, 3.63) is 12.7 Å². The van der Waals surface area contributed by atoms with Gasteiger partial charge in [0, 0.05) is 5.75 Å². The van der Waals surface area contributed by atoms with Gasteiger partial charge in [0.1, 0.15) is 24.3 Å². The number of hydrogen-bond acceptors (Lipinski definition) is 12. The molecule has 0 spiro atoms. The third kappa shape index (κ3) is 17.7. The van der Waals surface area contributed by atoms with Gasteiger partial charge in [0.25, 0.3) is 0 Å². The zero-order valence-electron chi connectivity index (χ0n) is 30.5. The van der Waals surface area contributed by atoms with Crippen molar-refractivity contribution in [2.75, 3.05) is 37.0 Å². The molecule has 2 heterocycles. The fourth-order valence-corrected chi connectivity index (χ4v) is 8.95. The number of aromatic nitrogens is 4. The third-order valence-corrected chi connectivity index (χ3v) is 12.9. The molecule has 1 aliphatic carbocycles. The summed E-state index contributed by atoms with van der Waals surface area (Å²) in [7, 11) is -4.09. The van der Waals surface area contributed by atoms with Gasteiger partial charge in [-0.1, -0.05) is 108 Å². The number of nitrogen functional groups attached to an aromatic ring is 1. The normalized spacial score (nSPS) is 16.3. The first-order valence-electron chi connectivity index (χ1n) is 18.9. The van der Waals surface area contributed by atoms with Gasteiger partial charge in [-0.25, -0.2) is 19.7 Å². The Morgan fingerprint density at radius 1 is 0.940 bits per heavy atom. The smallest absolute Gasteiger partial charge is 0.431 e. The molecule has 2 aromatic rings. The van der Waals surface area contributed by atoms with Crippen LogP contribution in [0.15, 0.2) is 12.7 Å². The molecule has 0 amide bonds. The monoisotopic (exact) mass is 759 g/mol. The van der Waals surface area contributed by atoms with E-state index in [0.717, 1.165) is 44.3 Å². The fraction of sp³-hybridized carbons (Fsp3) is 0.829. The lowest BCUT2D eigenvalue weighted by atomic mass is 9.98. The predicted molar refractivity (Wildman–Crippen MR) is 204 cm³/mol. The Morgan fingerprint density at radius 2 is 1.58 bits per heavy atom. The summed E-state index contributed by atoms with van der Waals surface area (Å²) in [5.74, 6) is 1.82. The number of nitrogens with two attached hydrogens (primary N) is 1. The van der Waals surface area contributed by atoms with E-state index in [2.05, 4.69) is 21.9 Å². The molecule has 2 unspecified atom stereocenters. The number of carbonyl (C=O) groups excluding carboxylic acids is 1. The largest absolute Gasteiger partial charge is 0.510 e. The van der Waals surface area contributed by atoms with Crippen LogP contribution < -0.4 is 5.73 Å². The van der Waals surface area contributed by atoms with E-state index in [-0.39, 0.29) is 28.5 Å². The molecule has 0 aromatic carbocycles. The zero-order chi connectivity index (χ0) is 35.9. The Morgan fingerprint density at radius 3 is 2.24 bits per heavy atom. The first kappa shape index (κ1) is 42.7. The van der Waals surface area contributed by atoms with Crippen LogP contribution in [0.4, 0.5) is 10.6 Å². The maximum absolute atomic E-state index is 13.7. The second-order valence-corrected chi connectivity index (χ2v) is 18.4. The van der Waals surface area contributed by atoms with Crippen LogP contribution in [-0.4, -0.2) is 69.1 Å². The maximum Gasteiger partial charge on any atom is 0.510 e. The lowest BCUT2D eigenvalue weighted by molar-refractivity contribution is -0.0294. The number of fused-ring (bicyclic) bond motifs is 1. The van der Waals surface area contributed by atoms with E-state index in [1.807, 2.05) is 6.92 Å². The summed E-state index contributed by atoms with van der Waals surface area (Å²) < 4.78 is 43.2. The van der Waals surface area contributed by atoms with E-state index < -0.39 is 26.6 Å². The molecule has 15 heteroatoms. The number of rotatable bonds is 28. The van der Waals surface area contributed by atoms with E-state index in [4.69, 9.17) is 40.2 Å². The predicted octanol–water partition coefficient (Wildman–Crippen LogP) is 9.00. The summed E-state index contributed by atoms with van der Waals surface area (Å²) in [5.41, 5.74) is 6.98. The highest BCUT2D eigenvalue weighted by Crippen LogP contribution is 2.48. The van der Waals surface area contributed by atoms with Gasteiger partial charge in [-0.2, -0.15) is 0 Å². The minimum absolute atomic E-state index is 0.159. The third-order valence-electron chi connectivity index (χ3n) is 8.97. The summed E-state index contributed by atoms with van der Waals surface area (Å²) >= 11 is 5.71. The van der Waals surface area contributed by atoms with Crippen molar-refractivity contribution < 1.29 is 32.6 Å². The molecule has 12 nitrogen and oxygen atoms in total. The minimum atomic E-state index is -3.80. The van der Waals surface area contributed by atoms with Crippen molar-refractivity contribution in [2.24, 2.45) is 0 Å². The van der Waals surface area contributed by atoms with Gasteiger partial charge < -0.3 is 29.0 Å². The van der Waals surface area contributed by atoms with Crippen LogP contribution in [-0.2, 0) is 55.0 Å². The van der Waals surface area contributed by atoms with Gasteiger partial charge in [0.15, 0.2) is 11.5 Å². The van der Waals surface area contributed by atoms with E-state index >= 15 is 0 Å². The van der Waals surface area contributed by atoms with Crippen molar-refractivity contribution in [3.63, 3.8) is 0 Å². The van der Waals surface area contributed by atoms with Crippen LogP contribution in [0.1, 0.15) is 136 Å². The molecule has 286 valence electrons. The van der Waals surface area contributed by atoms with E-state index in [0.29, 0.717) is 29.3 Å². The Bertz CT molecular complexity index is 1300. The Labute approximate surface area is 306 Å². The Kier molecular flexibility index (Phi) is 21.6. The van der Waals surface area contributed by atoms with Gasteiger partial charge in [0.05, 0.1) is 25.6 Å². The zero-order valence-corrected chi connectivity index (χ0v) is 33.0. The van der Waals surface area contributed by atoms with Crippen molar-refractivity contribution >= 4 is 51.4 Å². The molecule has 3 rings (SSSR count). The Balaban J connectivity index is 1.34. The van der Waals surface area contributed by atoms with Gasteiger partial charge in [-0.3, -0.25) is 9.09 Å². The number of imidazole rings is 1. The highest BCUT2D eigenvalue weighted by molar-refractivity contribution is 8.28. The lowest BCUT2D eigenvalue weighted by Gasteiger charge is -2.23. The Hall–Kier alpha value is -1.70. The standard InChI is InChI=1S/C35H62N5O7PS2/c1-3-4-5-6-7-8-9-10-11-12-13-14-15-19-23-50(49)24-22-45-48(42,46-28-43-35(41)47-31-20-17-16-18-21-31)29-44-30(2)25-40-27-39-32-33(36)37-26-38-34(32)40/h26-27,30-31H,3-25,28-29H2,1-2H3,(H2,36,37,38)/t30-,48?,50?/m1/s1. The molecular formula is C35H62N5O7PS2. The van der Waals surface area contributed by atoms with Crippen molar-refractivity contribution in [3.8, 4) is 0 Å². The minimum Gasteiger partial charge on any atom is -0.431 e. The quantitative estimate of drug-likeness (QED) is 0.0382. The van der Waals surface area contributed by atoms with Crippen molar-refractivity contribution in [1.29, 1.82) is 0 Å². The molecule has 2 aromatic heterocycles. The summed E-state index contributed by atoms with van der Waals surface area (Å²) in [6, 6.07) is 0. The number of ether oxygens (including phenoxy) is 3. The van der Waals surface area contributed by atoms with Crippen molar-refractivity contribution in [2.45, 2.75) is 155 Å². The SMILES string of the molecule is CCCCCCCCCCCCCCCCS(=S)CCOP(=O)(CO[C@H](C)Cn1cnc2c(N)ncnc21)OCOC(=O)OC1CCCCC1. The molecule has 2 N–H and O–H groups in total. The molecule has 1 aliphatic rings. The van der Waals surface area contributed by atoms with Crippen LogP contribution in [0.3, 0.4) is 0 Å². The number of hydrogen-bond donors (Lipinski definition) is 1. The van der Waals surface area contributed by atoms with E-state index in [1.54, 1.807) is 10.9 Å².